The van der Waals surface area contributed by atoms with Gasteiger partial charge in [-0.25, -0.2) is 0 Å². The van der Waals surface area contributed by atoms with Gasteiger partial charge in [-0.15, -0.1) is 0 Å². The highest BCUT2D eigenvalue weighted by Gasteiger charge is 2.27. The summed E-state index contributed by atoms with van der Waals surface area (Å²) in [5, 5.41) is 0. The molecule has 1 unspecified atom stereocenters. The van der Waals surface area contributed by atoms with Crippen LogP contribution in [0.25, 0.3) is 0 Å². The van der Waals surface area contributed by atoms with Crippen LogP contribution in [-0.4, -0.2) is 30.6 Å². The van der Waals surface area contributed by atoms with Gasteiger partial charge in [-0.1, -0.05) is 27.2 Å². The third kappa shape index (κ3) is 3.76. The molecule has 0 aromatic carbocycles. The number of hydrogen-bond acceptors (Lipinski definition) is 2. The van der Waals surface area contributed by atoms with Crippen molar-refractivity contribution < 1.29 is 0 Å². The molecule has 0 radical (unpaired) electrons. The molecule has 0 aromatic rings. The molecule has 1 saturated heterocycles. The Morgan fingerprint density at radius 2 is 1.87 bits per heavy atom. The first-order valence-electron chi connectivity index (χ1n) is 6.43. The van der Waals surface area contributed by atoms with Crippen molar-refractivity contribution >= 4 is 0 Å². The Balaban J connectivity index is 2.35. The Morgan fingerprint density at radius 1 is 1.33 bits per heavy atom. The van der Waals surface area contributed by atoms with Gasteiger partial charge in [0.2, 0.25) is 0 Å². The Bertz CT molecular complexity index is 179. The average Bonchev–Trinajstić information content (AvgIpc) is 2.18. The Morgan fingerprint density at radius 3 is 2.27 bits per heavy atom. The van der Waals surface area contributed by atoms with E-state index in [0.717, 1.165) is 12.5 Å². The van der Waals surface area contributed by atoms with E-state index in [9.17, 15) is 0 Å². The molecule has 1 rings (SSSR count). The van der Waals surface area contributed by atoms with Gasteiger partial charge in [0, 0.05) is 12.6 Å². The van der Waals surface area contributed by atoms with Crippen LogP contribution in [0.2, 0.25) is 0 Å². The smallest absolute Gasteiger partial charge is 0.00739 e. The van der Waals surface area contributed by atoms with E-state index in [2.05, 4.69) is 32.6 Å². The van der Waals surface area contributed by atoms with E-state index in [1.807, 2.05) is 0 Å². The summed E-state index contributed by atoms with van der Waals surface area (Å²) in [5.41, 5.74) is 6.26. The van der Waals surface area contributed by atoms with Gasteiger partial charge in [-0.05, 0) is 44.2 Å². The van der Waals surface area contributed by atoms with Crippen molar-refractivity contribution in [3.8, 4) is 0 Å². The van der Waals surface area contributed by atoms with Gasteiger partial charge >= 0.3 is 0 Å². The summed E-state index contributed by atoms with van der Waals surface area (Å²) in [4.78, 5) is 2.59. The molecule has 0 amide bonds. The molecule has 0 bridgehead atoms. The standard InChI is InChI=1S/C13H28N2/c1-5-12-6-8-15(9-7-12)10-13(3,4)11(2)14/h11-12H,5-10,14H2,1-4H3. The fourth-order valence-electron chi connectivity index (χ4n) is 2.27. The van der Waals surface area contributed by atoms with E-state index in [0.29, 0.717) is 0 Å². The fraction of sp³-hybridized carbons (Fsp3) is 1.00. The second kappa shape index (κ2) is 5.31. The van der Waals surface area contributed by atoms with Crippen LogP contribution in [0.15, 0.2) is 0 Å². The minimum absolute atomic E-state index is 0.249. The van der Waals surface area contributed by atoms with Gasteiger partial charge < -0.3 is 10.6 Å². The molecule has 1 aliphatic rings. The number of nitrogens with zero attached hydrogens (tertiary/aromatic N) is 1. The van der Waals surface area contributed by atoms with Crippen molar-refractivity contribution in [3.05, 3.63) is 0 Å². The summed E-state index contributed by atoms with van der Waals surface area (Å²) < 4.78 is 0. The van der Waals surface area contributed by atoms with Gasteiger partial charge in [0.25, 0.3) is 0 Å². The number of piperidine rings is 1. The normalized spacial score (nSPS) is 23.0. The number of hydrogen-bond donors (Lipinski definition) is 1. The molecule has 0 aromatic heterocycles. The molecule has 1 fully saturated rings. The van der Waals surface area contributed by atoms with Crippen molar-refractivity contribution in [2.75, 3.05) is 19.6 Å². The predicted molar refractivity (Wildman–Crippen MR) is 66.9 cm³/mol. The minimum Gasteiger partial charge on any atom is -0.327 e. The third-order valence-corrected chi connectivity index (χ3v) is 4.15. The first-order chi connectivity index (χ1) is 6.95. The van der Waals surface area contributed by atoms with E-state index in [1.165, 1.54) is 32.4 Å². The maximum Gasteiger partial charge on any atom is 0.00739 e. The molecular weight excluding hydrogens is 184 g/mol. The van der Waals surface area contributed by atoms with Crippen LogP contribution in [0.4, 0.5) is 0 Å². The number of rotatable bonds is 4. The van der Waals surface area contributed by atoms with E-state index in [1.54, 1.807) is 0 Å². The van der Waals surface area contributed by atoms with Crippen LogP contribution in [-0.2, 0) is 0 Å². The highest BCUT2D eigenvalue weighted by Crippen LogP contribution is 2.25. The Hall–Kier alpha value is -0.0800. The molecule has 15 heavy (non-hydrogen) atoms. The average molecular weight is 212 g/mol. The molecule has 90 valence electrons. The SMILES string of the molecule is CCC1CCN(CC(C)(C)C(C)N)CC1. The molecular formula is C13H28N2. The largest absolute Gasteiger partial charge is 0.327 e. The molecule has 2 nitrogen and oxygen atoms in total. The van der Waals surface area contributed by atoms with Gasteiger partial charge in [0.15, 0.2) is 0 Å². The van der Waals surface area contributed by atoms with E-state index >= 15 is 0 Å². The second-order valence-electron chi connectivity index (χ2n) is 5.91. The lowest BCUT2D eigenvalue weighted by atomic mass is 9.84. The molecule has 0 spiro atoms. The first-order valence-corrected chi connectivity index (χ1v) is 6.43. The maximum absolute atomic E-state index is 6.01. The lowest BCUT2D eigenvalue weighted by Crippen LogP contribution is -2.46. The monoisotopic (exact) mass is 212 g/mol. The van der Waals surface area contributed by atoms with E-state index in [4.69, 9.17) is 5.73 Å². The van der Waals surface area contributed by atoms with Crippen molar-refractivity contribution in [1.29, 1.82) is 0 Å². The molecule has 1 atom stereocenters. The van der Waals surface area contributed by atoms with E-state index in [-0.39, 0.29) is 11.5 Å². The lowest BCUT2D eigenvalue weighted by Gasteiger charge is -2.39. The first kappa shape index (κ1) is 13.0. The van der Waals surface area contributed by atoms with Gasteiger partial charge in [0.1, 0.15) is 0 Å². The molecule has 0 aliphatic carbocycles. The van der Waals surface area contributed by atoms with Crippen molar-refractivity contribution in [1.82, 2.24) is 4.90 Å². The summed E-state index contributed by atoms with van der Waals surface area (Å²) in [5.74, 6) is 0.972. The summed E-state index contributed by atoms with van der Waals surface area (Å²) in [6.07, 6.45) is 4.11. The van der Waals surface area contributed by atoms with Crippen molar-refractivity contribution in [2.24, 2.45) is 17.1 Å². The minimum atomic E-state index is 0.249. The number of likely N-dealkylation sites (tertiary alicyclic amines) is 1. The highest BCUT2D eigenvalue weighted by atomic mass is 15.1. The fourth-order valence-corrected chi connectivity index (χ4v) is 2.27. The zero-order valence-corrected chi connectivity index (χ0v) is 10.9. The molecule has 1 heterocycles. The Labute approximate surface area is 95.2 Å². The van der Waals surface area contributed by atoms with Gasteiger partial charge in [-0.2, -0.15) is 0 Å². The van der Waals surface area contributed by atoms with Crippen LogP contribution >= 0.6 is 0 Å². The quantitative estimate of drug-likeness (QED) is 0.776. The molecule has 2 heteroatoms. The summed E-state index contributed by atoms with van der Waals surface area (Å²) in [6.45, 7) is 12.7. The maximum atomic E-state index is 6.01. The van der Waals surface area contributed by atoms with Crippen molar-refractivity contribution in [3.63, 3.8) is 0 Å². The van der Waals surface area contributed by atoms with Crippen LogP contribution < -0.4 is 5.73 Å². The Kier molecular flexibility index (Phi) is 4.60. The molecule has 1 aliphatic heterocycles. The summed E-state index contributed by atoms with van der Waals surface area (Å²) in [6, 6.07) is 0.279. The zero-order chi connectivity index (χ0) is 11.5. The van der Waals surface area contributed by atoms with Gasteiger partial charge in [0.05, 0.1) is 0 Å². The molecule has 0 saturated carbocycles. The van der Waals surface area contributed by atoms with Crippen LogP contribution in [0, 0.1) is 11.3 Å². The topological polar surface area (TPSA) is 29.3 Å². The van der Waals surface area contributed by atoms with Crippen LogP contribution in [0.1, 0.15) is 47.0 Å². The highest BCUT2D eigenvalue weighted by molar-refractivity contribution is 4.83. The zero-order valence-electron chi connectivity index (χ0n) is 10.9. The van der Waals surface area contributed by atoms with Crippen LogP contribution in [0.5, 0.6) is 0 Å². The second-order valence-corrected chi connectivity index (χ2v) is 5.91. The van der Waals surface area contributed by atoms with Gasteiger partial charge in [-0.3, -0.25) is 0 Å². The third-order valence-electron chi connectivity index (χ3n) is 4.15. The summed E-state index contributed by atoms with van der Waals surface area (Å²) >= 11 is 0. The number of nitrogens with two attached hydrogens (primary N) is 1. The van der Waals surface area contributed by atoms with Crippen molar-refractivity contribution in [2.45, 2.75) is 53.0 Å². The van der Waals surface area contributed by atoms with Crippen LogP contribution in [0.3, 0.4) is 0 Å². The summed E-state index contributed by atoms with van der Waals surface area (Å²) in [7, 11) is 0. The lowest BCUT2D eigenvalue weighted by molar-refractivity contribution is 0.115. The molecule has 2 N–H and O–H groups in total. The predicted octanol–water partition coefficient (Wildman–Crippen LogP) is 2.48. The van der Waals surface area contributed by atoms with E-state index < -0.39 is 0 Å².